The number of nitro groups is 1. The highest BCUT2D eigenvalue weighted by Crippen LogP contribution is 2.66. The van der Waals surface area contributed by atoms with Crippen LogP contribution in [0.3, 0.4) is 0 Å². The number of nitrogens with zero attached hydrogens (tertiary/aromatic N) is 2. The molecular formula is C19H26N2O3. The summed E-state index contributed by atoms with van der Waals surface area (Å²) < 4.78 is 0. The number of hydrogen-bond donors (Lipinski definition) is 0. The summed E-state index contributed by atoms with van der Waals surface area (Å²) in [5, 5.41) is 11.1. The summed E-state index contributed by atoms with van der Waals surface area (Å²) in [6.07, 6.45) is 5.54. The van der Waals surface area contributed by atoms with Crippen LogP contribution >= 0.6 is 0 Å². The first-order chi connectivity index (χ1) is 11.6. The van der Waals surface area contributed by atoms with E-state index in [0.29, 0.717) is 5.92 Å². The van der Waals surface area contributed by atoms with Crippen LogP contribution in [0.4, 0.5) is 5.69 Å². The number of fused-ring (bicyclic) bond motifs is 1. The number of rotatable bonds is 8. The van der Waals surface area contributed by atoms with Crippen LogP contribution in [-0.4, -0.2) is 28.8 Å². The molecule has 1 amide bonds. The number of carbonyl (C=O) groups excluding carboxylic acids is 1. The monoisotopic (exact) mass is 330 g/mol. The summed E-state index contributed by atoms with van der Waals surface area (Å²) in [5.74, 6) is 0.601. The van der Waals surface area contributed by atoms with Gasteiger partial charge in [0.25, 0.3) is 5.69 Å². The minimum Gasteiger partial charge on any atom is -0.342 e. The fraction of sp³-hybridized carbons (Fsp3) is 0.632. The Bertz CT molecular complexity index is 645. The number of non-ortho nitro benzene ring substituents is 1. The van der Waals surface area contributed by atoms with Crippen molar-refractivity contribution in [2.75, 3.05) is 13.1 Å². The van der Waals surface area contributed by atoms with Gasteiger partial charge in [0.15, 0.2) is 0 Å². The second-order valence-corrected chi connectivity index (χ2v) is 7.13. The lowest BCUT2D eigenvalue weighted by atomic mass is 9.87. The number of unbranched alkanes of at least 4 members (excludes halogenated alkanes) is 3. The van der Waals surface area contributed by atoms with E-state index >= 15 is 0 Å². The molecule has 1 saturated carbocycles. The number of piperidine rings is 1. The van der Waals surface area contributed by atoms with Gasteiger partial charge in [0.2, 0.25) is 5.91 Å². The number of benzene rings is 1. The zero-order chi connectivity index (χ0) is 17.3. The summed E-state index contributed by atoms with van der Waals surface area (Å²) in [5.41, 5.74) is 0.908. The first-order valence-corrected chi connectivity index (χ1v) is 9.10. The fourth-order valence-corrected chi connectivity index (χ4v) is 4.62. The predicted molar refractivity (Wildman–Crippen MR) is 92.8 cm³/mol. The molecule has 0 spiro atoms. The normalized spacial score (nSPS) is 28.1. The molecule has 1 aromatic carbocycles. The molecule has 0 radical (unpaired) electrons. The molecule has 3 atom stereocenters. The van der Waals surface area contributed by atoms with E-state index in [4.69, 9.17) is 0 Å². The molecule has 2 fully saturated rings. The molecule has 1 aliphatic carbocycles. The van der Waals surface area contributed by atoms with Gasteiger partial charge in [-0.25, -0.2) is 0 Å². The maximum Gasteiger partial charge on any atom is 0.269 e. The highest BCUT2D eigenvalue weighted by atomic mass is 16.6. The Morgan fingerprint density at radius 1 is 1.29 bits per heavy atom. The maximum atomic E-state index is 12.8. The zero-order valence-corrected chi connectivity index (χ0v) is 14.5. The van der Waals surface area contributed by atoms with Gasteiger partial charge < -0.3 is 4.90 Å². The van der Waals surface area contributed by atoms with E-state index in [1.165, 1.54) is 25.3 Å². The average Bonchev–Trinajstić information content (AvgIpc) is 3.13. The average molecular weight is 330 g/mol. The molecule has 5 nitrogen and oxygen atoms in total. The Labute approximate surface area is 143 Å². The van der Waals surface area contributed by atoms with Gasteiger partial charge in [0, 0.05) is 30.6 Å². The third kappa shape index (κ3) is 2.60. The molecule has 24 heavy (non-hydrogen) atoms. The smallest absolute Gasteiger partial charge is 0.269 e. The molecule has 5 heteroatoms. The highest BCUT2D eigenvalue weighted by Gasteiger charge is 2.72. The first-order valence-electron chi connectivity index (χ1n) is 9.10. The van der Waals surface area contributed by atoms with Crippen LogP contribution in [0.5, 0.6) is 0 Å². The molecule has 0 aromatic heterocycles. The van der Waals surface area contributed by atoms with Gasteiger partial charge in [-0.3, -0.25) is 14.9 Å². The van der Waals surface area contributed by atoms with Crippen molar-refractivity contribution in [3.8, 4) is 0 Å². The molecule has 3 rings (SSSR count). The van der Waals surface area contributed by atoms with Gasteiger partial charge in [0.05, 0.1) is 10.8 Å². The molecule has 1 heterocycles. The predicted octanol–water partition coefficient (Wildman–Crippen LogP) is 3.91. The Balaban J connectivity index is 1.71. The lowest BCUT2D eigenvalue weighted by molar-refractivity contribution is -0.384. The van der Waals surface area contributed by atoms with Crippen molar-refractivity contribution < 1.29 is 9.72 Å². The minimum atomic E-state index is -0.354. The Morgan fingerprint density at radius 2 is 2.08 bits per heavy atom. The van der Waals surface area contributed by atoms with Crippen LogP contribution in [0.2, 0.25) is 0 Å². The van der Waals surface area contributed by atoms with Crippen LogP contribution in [0, 0.1) is 22.0 Å². The molecule has 3 unspecified atom stereocenters. The Morgan fingerprint density at radius 3 is 2.67 bits per heavy atom. The fourth-order valence-electron chi connectivity index (χ4n) is 4.62. The molecular weight excluding hydrogens is 304 g/mol. The van der Waals surface area contributed by atoms with E-state index in [2.05, 4.69) is 13.8 Å². The van der Waals surface area contributed by atoms with Gasteiger partial charge in [-0.1, -0.05) is 45.2 Å². The van der Waals surface area contributed by atoms with Crippen molar-refractivity contribution >= 4 is 11.6 Å². The molecule has 1 saturated heterocycles. The second kappa shape index (κ2) is 6.54. The highest BCUT2D eigenvalue weighted by molar-refractivity contribution is 5.88. The summed E-state index contributed by atoms with van der Waals surface area (Å²) in [6.45, 7) is 5.95. The second-order valence-electron chi connectivity index (χ2n) is 7.13. The van der Waals surface area contributed by atoms with Gasteiger partial charge in [0.1, 0.15) is 0 Å². The lowest BCUT2D eigenvalue weighted by Gasteiger charge is -2.26. The van der Waals surface area contributed by atoms with Crippen molar-refractivity contribution in [2.24, 2.45) is 11.8 Å². The number of hydrogen-bond acceptors (Lipinski definition) is 3. The maximum absolute atomic E-state index is 12.8. The third-order valence-electron chi connectivity index (χ3n) is 5.97. The minimum absolute atomic E-state index is 0.0238. The van der Waals surface area contributed by atoms with Crippen LogP contribution in [-0.2, 0) is 10.2 Å². The number of nitro benzene ring substituents is 1. The SMILES string of the molecule is CCCCCCN1CC2C(C1=O)C2(CC)c1cccc([N+](=O)[O-])c1. The summed E-state index contributed by atoms with van der Waals surface area (Å²) in [6, 6.07) is 6.88. The van der Waals surface area contributed by atoms with Crippen LogP contribution < -0.4 is 0 Å². The van der Waals surface area contributed by atoms with E-state index in [1.54, 1.807) is 12.1 Å². The van der Waals surface area contributed by atoms with E-state index in [9.17, 15) is 14.9 Å². The van der Waals surface area contributed by atoms with Crippen molar-refractivity contribution in [1.82, 2.24) is 4.90 Å². The van der Waals surface area contributed by atoms with Crippen LogP contribution in [0.1, 0.15) is 51.5 Å². The number of carbonyl (C=O) groups is 1. The van der Waals surface area contributed by atoms with E-state index in [-0.39, 0.29) is 27.9 Å². The van der Waals surface area contributed by atoms with Gasteiger partial charge in [-0.2, -0.15) is 0 Å². The Kier molecular flexibility index (Phi) is 4.61. The molecule has 130 valence electrons. The largest absolute Gasteiger partial charge is 0.342 e. The third-order valence-corrected chi connectivity index (χ3v) is 5.97. The van der Waals surface area contributed by atoms with E-state index in [1.807, 2.05) is 11.0 Å². The quantitative estimate of drug-likeness (QED) is 0.412. The standard InChI is InChI=1S/C19H26N2O3/c1-3-5-6-7-11-20-13-16-17(18(20)22)19(16,4-2)14-9-8-10-15(12-14)21(23)24/h8-10,12,16-17H,3-7,11,13H2,1-2H3. The lowest BCUT2D eigenvalue weighted by Crippen LogP contribution is -2.35. The summed E-state index contributed by atoms with van der Waals surface area (Å²) in [7, 11) is 0. The molecule has 0 bridgehead atoms. The van der Waals surface area contributed by atoms with Gasteiger partial charge in [-0.05, 0) is 24.3 Å². The molecule has 0 N–H and O–H groups in total. The van der Waals surface area contributed by atoms with Gasteiger partial charge in [-0.15, -0.1) is 0 Å². The Hall–Kier alpha value is -1.91. The number of likely N-dealkylation sites (tertiary alicyclic amines) is 1. The molecule has 1 aliphatic heterocycles. The zero-order valence-electron chi connectivity index (χ0n) is 14.5. The van der Waals surface area contributed by atoms with Crippen molar-refractivity contribution in [3.05, 3.63) is 39.9 Å². The van der Waals surface area contributed by atoms with Crippen molar-refractivity contribution in [1.29, 1.82) is 0 Å². The summed E-state index contributed by atoms with van der Waals surface area (Å²) >= 11 is 0. The van der Waals surface area contributed by atoms with Gasteiger partial charge >= 0.3 is 0 Å². The van der Waals surface area contributed by atoms with E-state index in [0.717, 1.165) is 31.5 Å². The molecule has 1 aromatic rings. The molecule has 2 aliphatic rings. The van der Waals surface area contributed by atoms with Crippen LogP contribution in [0.15, 0.2) is 24.3 Å². The first kappa shape index (κ1) is 16.9. The number of amides is 1. The summed E-state index contributed by atoms with van der Waals surface area (Å²) in [4.78, 5) is 25.5. The van der Waals surface area contributed by atoms with Crippen molar-refractivity contribution in [3.63, 3.8) is 0 Å². The van der Waals surface area contributed by atoms with Crippen LogP contribution in [0.25, 0.3) is 0 Å². The van der Waals surface area contributed by atoms with Crippen molar-refractivity contribution in [2.45, 2.75) is 51.4 Å². The topological polar surface area (TPSA) is 63.5 Å². The van der Waals surface area contributed by atoms with E-state index < -0.39 is 0 Å².